The Kier molecular flexibility index (Phi) is 5.06. The fraction of sp³-hybridized carbons (Fsp3) is 0.625. The van der Waals surface area contributed by atoms with Crippen LogP contribution in [0.4, 0.5) is 5.69 Å². The number of hydrogen-bond acceptors (Lipinski definition) is 2. The van der Waals surface area contributed by atoms with Crippen molar-refractivity contribution in [1.29, 1.82) is 0 Å². The normalized spacial score (nSPS) is 17.8. The molecule has 1 fully saturated rings. The Labute approximate surface area is 111 Å². The highest BCUT2D eigenvalue weighted by Crippen LogP contribution is 2.26. The Morgan fingerprint density at radius 1 is 1.17 bits per heavy atom. The maximum atomic E-state index is 5.65. The van der Waals surface area contributed by atoms with Crippen molar-refractivity contribution in [3.8, 4) is 0 Å². The molecule has 100 valence electrons. The number of nitrogens with zero attached hydrogens (tertiary/aromatic N) is 1. The Morgan fingerprint density at radius 2 is 1.89 bits per heavy atom. The summed E-state index contributed by atoms with van der Waals surface area (Å²) in [5, 5.41) is 0. The van der Waals surface area contributed by atoms with Gasteiger partial charge >= 0.3 is 0 Å². The standard InChI is InChI=1S/C16H26N2/c1-14(9-10-17)13-15-7-3-4-8-16(15)18-11-5-2-6-12-18/h3-4,7-8,14H,2,5-6,9-13,17H2,1H3/t14-/m0/s1. The van der Waals surface area contributed by atoms with Gasteiger partial charge in [0.15, 0.2) is 0 Å². The lowest BCUT2D eigenvalue weighted by Gasteiger charge is -2.31. The average molecular weight is 246 g/mol. The van der Waals surface area contributed by atoms with Crippen LogP contribution in [-0.4, -0.2) is 19.6 Å². The first kappa shape index (κ1) is 13.4. The van der Waals surface area contributed by atoms with Crippen molar-refractivity contribution in [2.24, 2.45) is 11.7 Å². The van der Waals surface area contributed by atoms with E-state index in [0.29, 0.717) is 5.92 Å². The summed E-state index contributed by atoms with van der Waals surface area (Å²) in [6.45, 7) is 5.55. The summed E-state index contributed by atoms with van der Waals surface area (Å²) < 4.78 is 0. The Bertz CT molecular complexity index is 356. The molecule has 2 rings (SSSR count). The molecule has 0 bridgehead atoms. The molecule has 0 amide bonds. The van der Waals surface area contributed by atoms with E-state index < -0.39 is 0 Å². The van der Waals surface area contributed by atoms with Gasteiger partial charge in [-0.05, 0) is 56.2 Å². The van der Waals surface area contributed by atoms with Crippen LogP contribution in [0.1, 0.15) is 38.2 Å². The second kappa shape index (κ2) is 6.79. The van der Waals surface area contributed by atoms with E-state index in [-0.39, 0.29) is 0 Å². The van der Waals surface area contributed by atoms with E-state index >= 15 is 0 Å². The van der Waals surface area contributed by atoms with Crippen molar-refractivity contribution < 1.29 is 0 Å². The molecule has 1 aliphatic heterocycles. The number of anilines is 1. The number of benzene rings is 1. The minimum atomic E-state index is 0.681. The monoisotopic (exact) mass is 246 g/mol. The van der Waals surface area contributed by atoms with Crippen molar-refractivity contribution in [2.45, 2.75) is 39.0 Å². The highest BCUT2D eigenvalue weighted by Gasteiger charge is 2.15. The Balaban J connectivity index is 2.09. The molecule has 0 aliphatic carbocycles. The van der Waals surface area contributed by atoms with E-state index in [0.717, 1.165) is 19.4 Å². The van der Waals surface area contributed by atoms with Crippen LogP contribution in [0.15, 0.2) is 24.3 Å². The molecule has 1 heterocycles. The van der Waals surface area contributed by atoms with Crippen LogP contribution in [0, 0.1) is 5.92 Å². The molecular weight excluding hydrogens is 220 g/mol. The summed E-state index contributed by atoms with van der Waals surface area (Å²) in [6, 6.07) is 8.91. The summed E-state index contributed by atoms with van der Waals surface area (Å²) >= 11 is 0. The fourth-order valence-electron chi connectivity index (χ4n) is 2.89. The predicted octanol–water partition coefficient (Wildman–Crippen LogP) is 3.20. The topological polar surface area (TPSA) is 29.3 Å². The maximum Gasteiger partial charge on any atom is 0.0398 e. The first-order chi connectivity index (χ1) is 8.81. The predicted molar refractivity (Wildman–Crippen MR) is 79.0 cm³/mol. The lowest BCUT2D eigenvalue weighted by atomic mass is 9.96. The third-order valence-corrected chi connectivity index (χ3v) is 3.92. The summed E-state index contributed by atoms with van der Waals surface area (Å²) in [4.78, 5) is 2.56. The number of piperidine rings is 1. The molecule has 2 nitrogen and oxygen atoms in total. The first-order valence-electron chi connectivity index (χ1n) is 7.34. The van der Waals surface area contributed by atoms with Gasteiger partial charge in [-0.2, -0.15) is 0 Å². The van der Waals surface area contributed by atoms with Gasteiger partial charge in [-0.25, -0.2) is 0 Å². The van der Waals surface area contributed by atoms with Crippen LogP contribution in [0.2, 0.25) is 0 Å². The van der Waals surface area contributed by atoms with Gasteiger partial charge in [-0.15, -0.1) is 0 Å². The van der Waals surface area contributed by atoms with E-state index in [1.165, 1.54) is 43.6 Å². The molecule has 0 unspecified atom stereocenters. The van der Waals surface area contributed by atoms with Gasteiger partial charge in [0.2, 0.25) is 0 Å². The smallest absolute Gasteiger partial charge is 0.0398 e. The maximum absolute atomic E-state index is 5.65. The highest BCUT2D eigenvalue weighted by atomic mass is 15.1. The number of para-hydroxylation sites is 1. The molecule has 1 aliphatic rings. The molecule has 0 radical (unpaired) electrons. The van der Waals surface area contributed by atoms with Crippen LogP contribution >= 0.6 is 0 Å². The molecule has 18 heavy (non-hydrogen) atoms. The summed E-state index contributed by atoms with van der Waals surface area (Å²) in [5.74, 6) is 0.681. The van der Waals surface area contributed by atoms with Crippen molar-refractivity contribution in [3.63, 3.8) is 0 Å². The zero-order valence-electron chi connectivity index (χ0n) is 11.6. The molecule has 2 N–H and O–H groups in total. The molecule has 1 aromatic carbocycles. The largest absolute Gasteiger partial charge is 0.371 e. The third-order valence-electron chi connectivity index (χ3n) is 3.92. The lowest BCUT2D eigenvalue weighted by Crippen LogP contribution is -2.30. The van der Waals surface area contributed by atoms with Crippen molar-refractivity contribution in [3.05, 3.63) is 29.8 Å². The van der Waals surface area contributed by atoms with Gasteiger partial charge < -0.3 is 10.6 Å². The van der Waals surface area contributed by atoms with Crippen LogP contribution in [-0.2, 0) is 6.42 Å². The molecular formula is C16H26N2. The molecule has 1 aromatic rings. The van der Waals surface area contributed by atoms with Gasteiger partial charge in [-0.1, -0.05) is 25.1 Å². The van der Waals surface area contributed by atoms with Gasteiger partial charge in [0.05, 0.1) is 0 Å². The van der Waals surface area contributed by atoms with Gasteiger partial charge in [0.1, 0.15) is 0 Å². The fourth-order valence-corrected chi connectivity index (χ4v) is 2.89. The number of rotatable bonds is 5. The molecule has 0 spiro atoms. The Morgan fingerprint density at radius 3 is 2.61 bits per heavy atom. The molecule has 1 atom stereocenters. The highest BCUT2D eigenvalue weighted by molar-refractivity contribution is 5.54. The molecule has 1 saturated heterocycles. The van der Waals surface area contributed by atoms with Crippen LogP contribution in [0.25, 0.3) is 0 Å². The third kappa shape index (κ3) is 3.49. The minimum absolute atomic E-state index is 0.681. The number of hydrogen-bond donors (Lipinski definition) is 1. The molecule has 0 saturated carbocycles. The van der Waals surface area contributed by atoms with Crippen molar-refractivity contribution in [2.75, 3.05) is 24.5 Å². The summed E-state index contributed by atoms with van der Waals surface area (Å²) in [7, 11) is 0. The van der Waals surface area contributed by atoms with E-state index in [1.807, 2.05) is 0 Å². The first-order valence-corrected chi connectivity index (χ1v) is 7.34. The minimum Gasteiger partial charge on any atom is -0.371 e. The van der Waals surface area contributed by atoms with Crippen LogP contribution in [0.3, 0.4) is 0 Å². The summed E-state index contributed by atoms with van der Waals surface area (Å²) in [6.07, 6.45) is 6.35. The second-order valence-corrected chi connectivity index (χ2v) is 5.56. The zero-order valence-corrected chi connectivity index (χ0v) is 11.6. The Hall–Kier alpha value is -1.02. The van der Waals surface area contributed by atoms with Crippen molar-refractivity contribution in [1.82, 2.24) is 0 Å². The van der Waals surface area contributed by atoms with Crippen molar-refractivity contribution >= 4 is 5.69 Å². The van der Waals surface area contributed by atoms with E-state index in [1.54, 1.807) is 0 Å². The van der Waals surface area contributed by atoms with E-state index in [2.05, 4.69) is 36.1 Å². The van der Waals surface area contributed by atoms with Gasteiger partial charge in [0.25, 0.3) is 0 Å². The van der Waals surface area contributed by atoms with E-state index in [4.69, 9.17) is 5.73 Å². The molecule has 2 heteroatoms. The van der Waals surface area contributed by atoms with E-state index in [9.17, 15) is 0 Å². The summed E-state index contributed by atoms with van der Waals surface area (Å²) in [5.41, 5.74) is 8.61. The van der Waals surface area contributed by atoms with Crippen LogP contribution in [0.5, 0.6) is 0 Å². The van der Waals surface area contributed by atoms with Gasteiger partial charge in [0, 0.05) is 18.8 Å². The van der Waals surface area contributed by atoms with Crippen LogP contribution < -0.4 is 10.6 Å². The number of nitrogens with two attached hydrogens (primary N) is 1. The average Bonchev–Trinajstić information content (AvgIpc) is 2.40. The molecule has 0 aromatic heterocycles. The quantitative estimate of drug-likeness (QED) is 0.864. The lowest BCUT2D eigenvalue weighted by molar-refractivity contribution is 0.533. The second-order valence-electron chi connectivity index (χ2n) is 5.56. The SMILES string of the molecule is C[C@@H](CCN)Cc1ccccc1N1CCCCC1. The van der Waals surface area contributed by atoms with Gasteiger partial charge in [-0.3, -0.25) is 0 Å². The zero-order chi connectivity index (χ0) is 12.8.